The second-order valence-electron chi connectivity index (χ2n) is 7.39. The second-order valence-corrected chi connectivity index (χ2v) is 7.39. The van der Waals surface area contributed by atoms with Crippen molar-refractivity contribution in [2.45, 2.75) is 18.9 Å². The third kappa shape index (κ3) is 4.22. The smallest absolute Gasteiger partial charge is 0.276 e. The van der Waals surface area contributed by atoms with E-state index in [1.54, 1.807) is 30.2 Å². The predicted molar refractivity (Wildman–Crippen MR) is 115 cm³/mol. The molecule has 150 valence electrons. The number of carbonyl (C=O) groups excluding carboxylic acids is 1. The van der Waals surface area contributed by atoms with Gasteiger partial charge in [0, 0.05) is 43.6 Å². The second kappa shape index (κ2) is 7.92. The SMILES string of the molecule is Cn1cc(NC(=O)c2nc(-c3cccc(N4CCC[C@H](N)C4)c3)ccc2N)cn1. The molecule has 3 heterocycles. The number of aromatic nitrogens is 3. The molecule has 0 saturated carbocycles. The molecule has 0 aliphatic carbocycles. The lowest BCUT2D eigenvalue weighted by molar-refractivity contribution is 0.102. The van der Waals surface area contributed by atoms with Gasteiger partial charge in [-0.1, -0.05) is 12.1 Å². The predicted octanol–water partition coefficient (Wildman–Crippen LogP) is 2.24. The molecule has 1 aliphatic heterocycles. The molecule has 1 aromatic carbocycles. The summed E-state index contributed by atoms with van der Waals surface area (Å²) in [5, 5.41) is 6.83. The molecule has 1 saturated heterocycles. The molecule has 3 aromatic rings. The number of amides is 1. The van der Waals surface area contributed by atoms with Gasteiger partial charge in [-0.2, -0.15) is 5.10 Å². The van der Waals surface area contributed by atoms with Gasteiger partial charge in [0.2, 0.25) is 0 Å². The van der Waals surface area contributed by atoms with E-state index in [1.165, 1.54) is 0 Å². The van der Waals surface area contributed by atoms with Crippen molar-refractivity contribution in [1.82, 2.24) is 14.8 Å². The largest absolute Gasteiger partial charge is 0.397 e. The summed E-state index contributed by atoms with van der Waals surface area (Å²) in [7, 11) is 1.78. The molecule has 1 atom stereocenters. The molecule has 1 amide bonds. The summed E-state index contributed by atoms with van der Waals surface area (Å²) in [5.74, 6) is -0.365. The minimum Gasteiger partial charge on any atom is -0.397 e. The van der Waals surface area contributed by atoms with Gasteiger partial charge in [-0.05, 0) is 37.1 Å². The molecule has 8 heteroatoms. The van der Waals surface area contributed by atoms with E-state index in [9.17, 15) is 4.79 Å². The fourth-order valence-electron chi connectivity index (χ4n) is 3.60. The number of nitrogens with one attached hydrogen (secondary N) is 1. The van der Waals surface area contributed by atoms with Crippen molar-refractivity contribution < 1.29 is 4.79 Å². The van der Waals surface area contributed by atoms with Crippen molar-refractivity contribution in [3.63, 3.8) is 0 Å². The molecule has 1 aliphatic rings. The fraction of sp³-hybridized carbons (Fsp3) is 0.286. The van der Waals surface area contributed by atoms with Gasteiger partial charge >= 0.3 is 0 Å². The summed E-state index contributed by atoms with van der Waals surface area (Å²) in [6.45, 7) is 1.84. The molecular formula is C21H25N7O. The Labute approximate surface area is 169 Å². The highest BCUT2D eigenvalue weighted by atomic mass is 16.1. The van der Waals surface area contributed by atoms with Crippen LogP contribution in [0.4, 0.5) is 17.1 Å². The Morgan fingerprint density at radius 3 is 2.90 bits per heavy atom. The van der Waals surface area contributed by atoms with E-state index in [0.29, 0.717) is 17.1 Å². The zero-order valence-corrected chi connectivity index (χ0v) is 16.4. The number of carbonyl (C=O) groups is 1. The van der Waals surface area contributed by atoms with Gasteiger partial charge in [0.15, 0.2) is 5.69 Å². The van der Waals surface area contributed by atoms with Crippen LogP contribution in [0.25, 0.3) is 11.3 Å². The maximum Gasteiger partial charge on any atom is 0.276 e. The number of rotatable bonds is 4. The summed E-state index contributed by atoms with van der Waals surface area (Å²) in [6.07, 6.45) is 5.44. The maximum atomic E-state index is 12.7. The molecule has 4 rings (SSSR count). The minimum atomic E-state index is -0.365. The molecular weight excluding hydrogens is 366 g/mol. The number of pyridine rings is 1. The highest BCUT2D eigenvalue weighted by molar-refractivity contribution is 6.06. The topological polar surface area (TPSA) is 115 Å². The average molecular weight is 391 g/mol. The summed E-state index contributed by atoms with van der Waals surface area (Å²) in [5.41, 5.74) is 16.0. The number of nitrogen functional groups attached to an aromatic ring is 1. The summed E-state index contributed by atoms with van der Waals surface area (Å²) in [4.78, 5) is 19.5. The van der Waals surface area contributed by atoms with Crippen molar-refractivity contribution in [2.24, 2.45) is 12.8 Å². The Morgan fingerprint density at radius 1 is 1.28 bits per heavy atom. The zero-order valence-electron chi connectivity index (χ0n) is 16.4. The molecule has 2 aromatic heterocycles. The highest BCUT2D eigenvalue weighted by Gasteiger charge is 2.18. The van der Waals surface area contributed by atoms with Crippen molar-refractivity contribution >= 4 is 23.0 Å². The van der Waals surface area contributed by atoms with Crippen LogP contribution >= 0.6 is 0 Å². The van der Waals surface area contributed by atoms with Gasteiger partial charge < -0.3 is 21.7 Å². The van der Waals surface area contributed by atoms with Crippen LogP contribution < -0.4 is 21.7 Å². The van der Waals surface area contributed by atoms with Crippen molar-refractivity contribution in [1.29, 1.82) is 0 Å². The molecule has 0 bridgehead atoms. The zero-order chi connectivity index (χ0) is 20.4. The van der Waals surface area contributed by atoms with E-state index in [1.807, 2.05) is 18.2 Å². The van der Waals surface area contributed by atoms with Gasteiger partial charge in [-0.15, -0.1) is 0 Å². The van der Waals surface area contributed by atoms with E-state index in [2.05, 4.69) is 32.4 Å². The summed E-state index contributed by atoms with van der Waals surface area (Å²) < 4.78 is 1.61. The molecule has 5 N–H and O–H groups in total. The van der Waals surface area contributed by atoms with E-state index in [0.717, 1.165) is 37.2 Å². The van der Waals surface area contributed by atoms with Crippen LogP contribution in [0, 0.1) is 0 Å². The molecule has 29 heavy (non-hydrogen) atoms. The molecule has 0 radical (unpaired) electrons. The van der Waals surface area contributed by atoms with Gasteiger partial charge in [0.05, 0.1) is 23.3 Å². The van der Waals surface area contributed by atoms with E-state index < -0.39 is 0 Å². The Bertz CT molecular complexity index is 1030. The summed E-state index contributed by atoms with van der Waals surface area (Å²) in [6, 6.07) is 11.9. The number of nitrogens with zero attached hydrogens (tertiary/aromatic N) is 4. The van der Waals surface area contributed by atoms with Crippen LogP contribution in [0.5, 0.6) is 0 Å². The normalized spacial score (nSPS) is 16.6. The first-order valence-electron chi connectivity index (χ1n) is 9.67. The average Bonchev–Trinajstić information content (AvgIpc) is 3.13. The van der Waals surface area contributed by atoms with Crippen molar-refractivity contribution in [3.8, 4) is 11.3 Å². The quantitative estimate of drug-likeness (QED) is 0.628. The minimum absolute atomic E-state index is 0.191. The lowest BCUT2D eigenvalue weighted by atomic mass is 10.0. The number of nitrogens with two attached hydrogens (primary N) is 2. The summed E-state index contributed by atoms with van der Waals surface area (Å²) >= 11 is 0. The van der Waals surface area contributed by atoms with Crippen LogP contribution in [0.3, 0.4) is 0 Å². The number of hydrogen-bond donors (Lipinski definition) is 3. The lowest BCUT2D eigenvalue weighted by Crippen LogP contribution is -2.42. The number of hydrogen-bond acceptors (Lipinski definition) is 6. The Morgan fingerprint density at radius 2 is 2.14 bits per heavy atom. The fourth-order valence-corrected chi connectivity index (χ4v) is 3.60. The first-order valence-corrected chi connectivity index (χ1v) is 9.67. The Balaban J connectivity index is 1.60. The Kier molecular flexibility index (Phi) is 5.18. The molecule has 0 unspecified atom stereocenters. The van der Waals surface area contributed by atoms with Gasteiger partial charge in [-0.3, -0.25) is 9.48 Å². The van der Waals surface area contributed by atoms with Gasteiger partial charge in [0.1, 0.15) is 0 Å². The van der Waals surface area contributed by atoms with Crippen LogP contribution in [0.15, 0.2) is 48.8 Å². The standard InChI is InChI=1S/C21H25N7O/c1-27-13-16(11-24-27)25-21(29)20-18(23)7-8-19(26-20)14-4-2-6-17(10-14)28-9-3-5-15(22)12-28/h2,4,6-8,10-11,13,15H,3,5,9,12,22-23H2,1H3,(H,25,29)/t15-/m0/s1. The third-order valence-corrected chi connectivity index (χ3v) is 5.07. The van der Waals surface area contributed by atoms with E-state index in [-0.39, 0.29) is 17.6 Å². The van der Waals surface area contributed by atoms with Crippen LogP contribution in [-0.2, 0) is 7.05 Å². The third-order valence-electron chi connectivity index (χ3n) is 5.07. The first kappa shape index (κ1) is 18.9. The van der Waals surface area contributed by atoms with Crippen LogP contribution in [0.1, 0.15) is 23.3 Å². The number of piperidine rings is 1. The van der Waals surface area contributed by atoms with Crippen molar-refractivity contribution in [2.75, 3.05) is 29.0 Å². The molecule has 0 spiro atoms. The van der Waals surface area contributed by atoms with E-state index in [4.69, 9.17) is 11.5 Å². The highest BCUT2D eigenvalue weighted by Crippen LogP contribution is 2.27. The monoisotopic (exact) mass is 391 g/mol. The number of aryl methyl sites for hydroxylation is 1. The maximum absolute atomic E-state index is 12.7. The van der Waals surface area contributed by atoms with Crippen LogP contribution in [-0.4, -0.2) is 39.8 Å². The Hall–Kier alpha value is -3.39. The molecule has 8 nitrogen and oxygen atoms in total. The van der Waals surface area contributed by atoms with E-state index >= 15 is 0 Å². The first-order chi connectivity index (χ1) is 14.0. The van der Waals surface area contributed by atoms with Gasteiger partial charge in [-0.25, -0.2) is 4.98 Å². The lowest BCUT2D eigenvalue weighted by Gasteiger charge is -2.32. The van der Waals surface area contributed by atoms with Crippen molar-refractivity contribution in [3.05, 3.63) is 54.5 Å². The number of anilines is 3. The van der Waals surface area contributed by atoms with Crippen LogP contribution in [0.2, 0.25) is 0 Å². The number of benzene rings is 1. The van der Waals surface area contributed by atoms with Gasteiger partial charge in [0.25, 0.3) is 5.91 Å². The molecule has 1 fully saturated rings.